The second kappa shape index (κ2) is 5.51. The number of halogens is 1. The van der Waals surface area contributed by atoms with Crippen LogP contribution in [-0.4, -0.2) is 28.7 Å². The molecule has 2 aliphatic heterocycles. The number of thioether (sulfide) groups is 1. The van der Waals surface area contributed by atoms with Crippen molar-refractivity contribution < 1.29 is 4.74 Å². The van der Waals surface area contributed by atoms with Crippen LogP contribution in [0.5, 0.6) is 0 Å². The molecule has 2 saturated heterocycles. The maximum absolute atomic E-state index is 6.12. The van der Waals surface area contributed by atoms with Crippen molar-refractivity contribution in [1.29, 1.82) is 0 Å². The van der Waals surface area contributed by atoms with Crippen LogP contribution < -0.4 is 5.73 Å². The van der Waals surface area contributed by atoms with Crippen molar-refractivity contribution in [3.8, 4) is 0 Å². The van der Waals surface area contributed by atoms with Crippen molar-refractivity contribution in [2.24, 2.45) is 0 Å². The highest BCUT2D eigenvalue weighted by Gasteiger charge is 2.39. The fourth-order valence-electron chi connectivity index (χ4n) is 3.18. The van der Waals surface area contributed by atoms with E-state index in [9.17, 15) is 0 Å². The fourth-order valence-corrected chi connectivity index (χ4v) is 4.58. The Morgan fingerprint density at radius 2 is 2.21 bits per heavy atom. The third-order valence-electron chi connectivity index (χ3n) is 4.25. The summed E-state index contributed by atoms with van der Waals surface area (Å²) in [4.78, 5) is 4.19. The number of anilines is 1. The van der Waals surface area contributed by atoms with Gasteiger partial charge in [0, 0.05) is 12.8 Å². The average Bonchev–Trinajstić information content (AvgIpc) is 2.42. The molecule has 19 heavy (non-hydrogen) atoms. The molecule has 1 spiro atoms. The van der Waals surface area contributed by atoms with Crippen LogP contribution in [-0.2, 0) is 4.74 Å². The van der Waals surface area contributed by atoms with Crippen molar-refractivity contribution in [3.05, 3.63) is 22.8 Å². The smallest absolute Gasteiger partial charge is 0.126 e. The molecule has 104 valence electrons. The van der Waals surface area contributed by atoms with Gasteiger partial charge in [0.25, 0.3) is 0 Å². The molecular weight excluding hydrogens is 280 g/mol. The van der Waals surface area contributed by atoms with Crippen LogP contribution in [0.15, 0.2) is 12.3 Å². The Bertz CT molecular complexity index is 457. The molecule has 1 aromatic heterocycles. The zero-order valence-corrected chi connectivity index (χ0v) is 12.5. The third kappa shape index (κ3) is 2.86. The molecule has 1 aromatic rings. The van der Waals surface area contributed by atoms with E-state index in [1.807, 2.05) is 17.8 Å². The molecule has 3 heterocycles. The Balaban J connectivity index is 1.82. The first-order valence-corrected chi connectivity index (χ1v) is 8.34. The fraction of sp³-hybridized carbons (Fsp3) is 0.643. The summed E-state index contributed by atoms with van der Waals surface area (Å²) in [5.41, 5.74) is 7.20. The van der Waals surface area contributed by atoms with Gasteiger partial charge in [-0.1, -0.05) is 11.6 Å². The minimum absolute atomic E-state index is 0.0723. The molecule has 5 heteroatoms. The summed E-state index contributed by atoms with van der Waals surface area (Å²) >= 11 is 8.09. The summed E-state index contributed by atoms with van der Waals surface area (Å²) in [5.74, 6) is 3.46. The number of rotatable bonds is 1. The summed E-state index contributed by atoms with van der Waals surface area (Å²) < 4.78 is 6.12. The van der Waals surface area contributed by atoms with E-state index >= 15 is 0 Å². The zero-order chi connectivity index (χ0) is 13.3. The van der Waals surface area contributed by atoms with Crippen molar-refractivity contribution in [2.75, 3.05) is 23.8 Å². The minimum Gasteiger partial charge on any atom is -0.383 e. The van der Waals surface area contributed by atoms with E-state index in [2.05, 4.69) is 4.98 Å². The van der Waals surface area contributed by atoms with Crippen molar-refractivity contribution in [3.63, 3.8) is 0 Å². The maximum atomic E-state index is 6.12. The van der Waals surface area contributed by atoms with Gasteiger partial charge in [0.2, 0.25) is 0 Å². The second-order valence-corrected chi connectivity index (χ2v) is 7.12. The van der Waals surface area contributed by atoms with E-state index in [1.54, 1.807) is 6.20 Å². The lowest BCUT2D eigenvalue weighted by molar-refractivity contribution is -0.0901. The second-order valence-electron chi connectivity index (χ2n) is 5.46. The number of hydrogen-bond acceptors (Lipinski definition) is 4. The van der Waals surface area contributed by atoms with E-state index in [1.165, 1.54) is 11.5 Å². The first kappa shape index (κ1) is 13.5. The van der Waals surface area contributed by atoms with Gasteiger partial charge in [0.05, 0.1) is 10.6 Å². The molecule has 0 aliphatic carbocycles. The molecule has 0 radical (unpaired) electrons. The molecular formula is C14H19ClN2OS. The molecule has 2 fully saturated rings. The Labute approximate surface area is 123 Å². The highest BCUT2D eigenvalue weighted by atomic mass is 35.5. The van der Waals surface area contributed by atoms with Gasteiger partial charge < -0.3 is 10.5 Å². The molecule has 1 atom stereocenters. The summed E-state index contributed by atoms with van der Waals surface area (Å²) in [6.07, 6.45) is 6.00. The average molecular weight is 299 g/mol. The van der Waals surface area contributed by atoms with Gasteiger partial charge in [-0.15, -0.1) is 0 Å². The number of aromatic nitrogens is 1. The molecule has 2 N–H and O–H groups in total. The van der Waals surface area contributed by atoms with Crippen LogP contribution in [0.4, 0.5) is 5.82 Å². The van der Waals surface area contributed by atoms with Gasteiger partial charge in [0.1, 0.15) is 5.82 Å². The van der Waals surface area contributed by atoms with Crippen LogP contribution in [0, 0.1) is 0 Å². The maximum Gasteiger partial charge on any atom is 0.126 e. The zero-order valence-electron chi connectivity index (χ0n) is 10.9. The lowest BCUT2D eigenvalue weighted by atomic mass is 9.79. The topological polar surface area (TPSA) is 48.1 Å². The highest BCUT2D eigenvalue weighted by Crippen LogP contribution is 2.44. The van der Waals surface area contributed by atoms with Gasteiger partial charge in [-0.3, -0.25) is 0 Å². The van der Waals surface area contributed by atoms with Crippen LogP contribution in [0.25, 0.3) is 0 Å². The first-order chi connectivity index (χ1) is 9.19. The van der Waals surface area contributed by atoms with Crippen LogP contribution in [0.2, 0.25) is 5.02 Å². The van der Waals surface area contributed by atoms with Crippen molar-refractivity contribution in [2.45, 2.75) is 37.2 Å². The van der Waals surface area contributed by atoms with E-state index in [4.69, 9.17) is 22.1 Å². The monoisotopic (exact) mass is 298 g/mol. The largest absolute Gasteiger partial charge is 0.383 e. The Kier molecular flexibility index (Phi) is 3.92. The van der Waals surface area contributed by atoms with E-state index in [0.717, 1.165) is 37.9 Å². The molecule has 2 aliphatic rings. The standard InChI is InChI=1S/C14H19ClN2OS/c15-11-7-12(13(16)17-9-11)10-1-4-18-14(8-10)2-5-19-6-3-14/h7,9-10H,1-6,8H2,(H2,16,17). The Hall–Kier alpha value is -0.450. The number of nitrogens with two attached hydrogens (primary N) is 1. The van der Waals surface area contributed by atoms with E-state index in [0.29, 0.717) is 16.8 Å². The van der Waals surface area contributed by atoms with Gasteiger partial charge in [0.15, 0.2) is 0 Å². The molecule has 3 rings (SSSR count). The quantitative estimate of drug-likeness (QED) is 0.862. The lowest BCUT2D eigenvalue weighted by Crippen LogP contribution is -2.42. The van der Waals surface area contributed by atoms with Crippen molar-refractivity contribution in [1.82, 2.24) is 4.98 Å². The molecule has 3 nitrogen and oxygen atoms in total. The Morgan fingerprint density at radius 3 is 3.00 bits per heavy atom. The van der Waals surface area contributed by atoms with Gasteiger partial charge in [-0.2, -0.15) is 11.8 Å². The summed E-state index contributed by atoms with van der Waals surface area (Å²) in [5, 5.41) is 0.670. The van der Waals surface area contributed by atoms with Crippen molar-refractivity contribution >= 4 is 29.2 Å². The van der Waals surface area contributed by atoms with E-state index < -0.39 is 0 Å². The number of pyridine rings is 1. The van der Waals surface area contributed by atoms with Crippen LogP contribution >= 0.6 is 23.4 Å². The van der Waals surface area contributed by atoms with Gasteiger partial charge >= 0.3 is 0 Å². The van der Waals surface area contributed by atoms with Gasteiger partial charge in [-0.25, -0.2) is 4.98 Å². The molecule has 0 amide bonds. The lowest BCUT2D eigenvalue weighted by Gasteiger charge is -2.43. The van der Waals surface area contributed by atoms with E-state index in [-0.39, 0.29) is 5.60 Å². The third-order valence-corrected chi connectivity index (χ3v) is 5.45. The number of ether oxygens (including phenoxy) is 1. The summed E-state index contributed by atoms with van der Waals surface area (Å²) in [6.45, 7) is 0.821. The first-order valence-electron chi connectivity index (χ1n) is 6.81. The molecule has 0 aromatic carbocycles. The van der Waals surface area contributed by atoms with Crippen LogP contribution in [0.1, 0.15) is 37.2 Å². The number of nitrogens with zero attached hydrogens (tertiary/aromatic N) is 1. The van der Waals surface area contributed by atoms with Crippen LogP contribution in [0.3, 0.4) is 0 Å². The Morgan fingerprint density at radius 1 is 1.42 bits per heavy atom. The normalized spacial score (nSPS) is 26.5. The predicted molar refractivity (Wildman–Crippen MR) is 80.9 cm³/mol. The molecule has 1 unspecified atom stereocenters. The number of hydrogen-bond donors (Lipinski definition) is 1. The SMILES string of the molecule is Nc1ncc(Cl)cc1C1CCOC2(CCSCC2)C1. The predicted octanol–water partition coefficient (Wildman–Crippen LogP) is 3.48. The summed E-state index contributed by atoms with van der Waals surface area (Å²) in [6, 6.07) is 1.98. The minimum atomic E-state index is 0.0723. The number of nitrogen functional groups attached to an aromatic ring is 1. The summed E-state index contributed by atoms with van der Waals surface area (Å²) in [7, 11) is 0. The molecule has 0 bridgehead atoms. The molecule has 0 saturated carbocycles. The highest BCUT2D eigenvalue weighted by molar-refractivity contribution is 7.99. The van der Waals surface area contributed by atoms with Gasteiger partial charge in [-0.05, 0) is 54.7 Å².